The Morgan fingerprint density at radius 1 is 1.17 bits per heavy atom. The highest BCUT2D eigenvalue weighted by atomic mass is 16.7. The first-order chi connectivity index (χ1) is 14.6. The van der Waals surface area contributed by atoms with Crippen LogP contribution in [-0.2, 0) is 11.3 Å². The molecule has 1 atom stereocenters. The molecule has 0 aliphatic carbocycles. The van der Waals surface area contributed by atoms with E-state index in [1.807, 2.05) is 44.4 Å². The van der Waals surface area contributed by atoms with Crippen LogP contribution in [0.15, 0.2) is 48.5 Å². The van der Waals surface area contributed by atoms with Crippen LogP contribution in [-0.4, -0.2) is 58.4 Å². The number of nitrogens with one attached hydrogen (secondary N) is 3. The fourth-order valence-corrected chi connectivity index (χ4v) is 4.22. The normalized spacial score (nSPS) is 16.8. The summed E-state index contributed by atoms with van der Waals surface area (Å²) in [6, 6.07) is 15.9. The Bertz CT molecular complexity index is 1210. The van der Waals surface area contributed by atoms with Crippen molar-refractivity contribution in [1.29, 1.82) is 0 Å². The van der Waals surface area contributed by atoms with Gasteiger partial charge in [0.2, 0.25) is 0 Å². The van der Waals surface area contributed by atoms with Crippen molar-refractivity contribution in [2.45, 2.75) is 12.5 Å². The van der Waals surface area contributed by atoms with Crippen molar-refractivity contribution in [3.63, 3.8) is 0 Å². The third kappa shape index (κ3) is 3.30. The van der Waals surface area contributed by atoms with E-state index in [0.29, 0.717) is 12.4 Å². The molecule has 0 spiro atoms. The smallest absolute Gasteiger partial charge is 0.357 e. The lowest BCUT2D eigenvalue weighted by Crippen LogP contribution is -2.42. The average molecular weight is 404 g/mol. The summed E-state index contributed by atoms with van der Waals surface area (Å²) in [6.45, 7) is 1.35. The Morgan fingerprint density at radius 2 is 1.90 bits per heavy atom. The predicted octanol–water partition coefficient (Wildman–Crippen LogP) is 3.67. The molecule has 1 aliphatic heterocycles. The Kier molecular flexibility index (Phi) is 4.65. The lowest BCUT2D eigenvalue weighted by atomic mass is 9.98. The largest absolute Gasteiger partial charge is 0.432 e. The first-order valence-corrected chi connectivity index (χ1v) is 10.0. The second-order valence-electron chi connectivity index (χ2n) is 7.85. The maximum Gasteiger partial charge on any atom is 0.432 e. The molecule has 3 N–H and O–H groups in total. The van der Waals surface area contributed by atoms with Gasteiger partial charge in [-0.2, -0.15) is 5.10 Å². The van der Waals surface area contributed by atoms with Crippen molar-refractivity contribution in [1.82, 2.24) is 25.1 Å². The third-order valence-electron chi connectivity index (χ3n) is 5.54. The van der Waals surface area contributed by atoms with Crippen molar-refractivity contribution in [3.8, 4) is 0 Å². The molecule has 0 radical (unpaired) electrons. The highest BCUT2D eigenvalue weighted by Crippen LogP contribution is 2.35. The number of para-hydroxylation sites is 2. The van der Waals surface area contributed by atoms with Gasteiger partial charge >= 0.3 is 6.09 Å². The van der Waals surface area contributed by atoms with E-state index < -0.39 is 6.09 Å². The number of benzene rings is 2. The van der Waals surface area contributed by atoms with Gasteiger partial charge in [-0.05, 0) is 44.3 Å². The highest BCUT2D eigenvalue weighted by Gasteiger charge is 2.33. The van der Waals surface area contributed by atoms with Gasteiger partial charge in [-0.25, -0.2) is 4.79 Å². The molecule has 1 aliphatic rings. The van der Waals surface area contributed by atoms with Crippen molar-refractivity contribution in [2.24, 2.45) is 0 Å². The van der Waals surface area contributed by atoms with Crippen molar-refractivity contribution in [3.05, 3.63) is 59.8 Å². The lowest BCUT2D eigenvalue weighted by molar-refractivity contribution is -0.137. The van der Waals surface area contributed by atoms with E-state index in [1.54, 1.807) is 5.06 Å². The molecule has 8 heteroatoms. The molecular weight excluding hydrogens is 380 g/mol. The standard InChI is InChI=1S/C22H24N6O2/c1-27(2)13-19-20-15(14-7-3-5-9-17(14)23-20)11-12-28(19)30-22(29)24-21-16-8-4-6-10-18(16)25-26-21/h3-10,19,23H,11-13H2,1-2H3,(H2,24,25,26,29). The van der Waals surface area contributed by atoms with Gasteiger partial charge in [-0.15, -0.1) is 5.06 Å². The summed E-state index contributed by atoms with van der Waals surface area (Å²) in [5.74, 6) is 0.461. The summed E-state index contributed by atoms with van der Waals surface area (Å²) in [4.78, 5) is 24.1. The van der Waals surface area contributed by atoms with E-state index in [9.17, 15) is 4.79 Å². The minimum absolute atomic E-state index is 0.0853. The van der Waals surface area contributed by atoms with Gasteiger partial charge < -0.3 is 14.7 Å². The van der Waals surface area contributed by atoms with E-state index in [4.69, 9.17) is 4.84 Å². The van der Waals surface area contributed by atoms with Crippen LogP contribution in [0.2, 0.25) is 0 Å². The summed E-state index contributed by atoms with van der Waals surface area (Å²) in [7, 11) is 4.04. The van der Waals surface area contributed by atoms with Crippen LogP contribution < -0.4 is 5.32 Å². The van der Waals surface area contributed by atoms with Crippen molar-refractivity contribution in [2.75, 3.05) is 32.5 Å². The second kappa shape index (κ2) is 7.47. The first kappa shape index (κ1) is 18.7. The maximum absolute atomic E-state index is 12.7. The molecular formula is C22H24N6O2. The monoisotopic (exact) mass is 404 g/mol. The molecule has 1 amide bonds. The minimum Gasteiger partial charge on any atom is -0.357 e. The number of likely N-dealkylation sites (N-methyl/N-ethyl adjacent to an activating group) is 1. The van der Waals surface area contributed by atoms with Gasteiger partial charge in [0.05, 0.1) is 11.6 Å². The summed E-state index contributed by atoms with van der Waals surface area (Å²) in [6.07, 6.45) is 0.262. The molecule has 154 valence electrons. The zero-order valence-electron chi connectivity index (χ0n) is 17.0. The number of H-pyrrole nitrogens is 2. The molecule has 3 heterocycles. The molecule has 2 aromatic heterocycles. The van der Waals surface area contributed by atoms with Crippen LogP contribution in [0, 0.1) is 0 Å². The van der Waals surface area contributed by atoms with Crippen LogP contribution in [0.25, 0.3) is 21.8 Å². The van der Waals surface area contributed by atoms with Crippen LogP contribution in [0.3, 0.4) is 0 Å². The average Bonchev–Trinajstić information content (AvgIpc) is 3.31. The van der Waals surface area contributed by atoms with Gasteiger partial charge in [-0.1, -0.05) is 30.3 Å². The minimum atomic E-state index is -0.546. The van der Waals surface area contributed by atoms with E-state index >= 15 is 0 Å². The van der Waals surface area contributed by atoms with Gasteiger partial charge in [0.15, 0.2) is 5.82 Å². The fourth-order valence-electron chi connectivity index (χ4n) is 4.22. The summed E-state index contributed by atoms with van der Waals surface area (Å²) in [5.41, 5.74) is 4.38. The van der Waals surface area contributed by atoms with Gasteiger partial charge in [0.25, 0.3) is 0 Å². The van der Waals surface area contributed by atoms with E-state index in [1.165, 1.54) is 10.9 Å². The SMILES string of the molecule is CN(C)CC1c2[nH]c3ccccc3c2CCN1OC(=O)Nc1n[nH]c2ccccc12. The molecule has 0 bridgehead atoms. The van der Waals surface area contributed by atoms with Gasteiger partial charge in [0, 0.05) is 35.1 Å². The number of fused-ring (bicyclic) bond motifs is 4. The van der Waals surface area contributed by atoms with Crippen molar-refractivity contribution >= 4 is 33.7 Å². The zero-order valence-corrected chi connectivity index (χ0v) is 17.0. The van der Waals surface area contributed by atoms with E-state index in [-0.39, 0.29) is 6.04 Å². The van der Waals surface area contributed by atoms with Crippen LogP contribution in [0.1, 0.15) is 17.3 Å². The number of aromatic nitrogens is 3. The Labute approximate surface area is 173 Å². The number of amides is 1. The number of hydrogen-bond acceptors (Lipinski definition) is 5. The highest BCUT2D eigenvalue weighted by molar-refractivity contribution is 5.97. The number of rotatable bonds is 4. The molecule has 8 nitrogen and oxygen atoms in total. The molecule has 0 saturated heterocycles. The summed E-state index contributed by atoms with van der Waals surface area (Å²) < 4.78 is 0. The Hall–Kier alpha value is -3.36. The van der Waals surface area contributed by atoms with Crippen LogP contribution >= 0.6 is 0 Å². The Balaban J connectivity index is 1.39. The Morgan fingerprint density at radius 3 is 2.70 bits per heavy atom. The number of anilines is 1. The number of nitrogens with zero attached hydrogens (tertiary/aromatic N) is 3. The fraction of sp³-hybridized carbons (Fsp3) is 0.273. The maximum atomic E-state index is 12.7. The molecule has 1 unspecified atom stereocenters. The molecule has 0 fully saturated rings. The van der Waals surface area contributed by atoms with Crippen LogP contribution in [0.4, 0.5) is 10.6 Å². The topological polar surface area (TPSA) is 89.3 Å². The number of hydrogen-bond donors (Lipinski definition) is 3. The predicted molar refractivity (Wildman–Crippen MR) is 116 cm³/mol. The lowest BCUT2D eigenvalue weighted by Gasteiger charge is -2.35. The quantitative estimate of drug-likeness (QED) is 0.483. The molecule has 5 rings (SSSR count). The second-order valence-corrected chi connectivity index (χ2v) is 7.85. The van der Waals surface area contributed by atoms with Crippen LogP contribution in [0.5, 0.6) is 0 Å². The van der Waals surface area contributed by atoms with Crippen molar-refractivity contribution < 1.29 is 9.63 Å². The van der Waals surface area contributed by atoms with Gasteiger partial charge in [0.1, 0.15) is 0 Å². The van der Waals surface area contributed by atoms with Gasteiger partial charge in [-0.3, -0.25) is 10.4 Å². The number of aromatic amines is 2. The number of carbonyl (C=O) groups excluding carboxylic acids is 1. The summed E-state index contributed by atoms with van der Waals surface area (Å²) in [5, 5.41) is 13.7. The third-order valence-corrected chi connectivity index (χ3v) is 5.54. The molecule has 0 saturated carbocycles. The first-order valence-electron chi connectivity index (χ1n) is 10.0. The van der Waals surface area contributed by atoms with E-state index in [2.05, 4.69) is 43.6 Å². The molecule has 30 heavy (non-hydrogen) atoms. The summed E-state index contributed by atoms with van der Waals surface area (Å²) >= 11 is 0. The molecule has 2 aromatic carbocycles. The zero-order chi connectivity index (χ0) is 20.7. The van der Waals surface area contributed by atoms with E-state index in [0.717, 1.165) is 35.1 Å². The number of hydroxylamine groups is 2. The number of carbonyl (C=O) groups is 1. The molecule has 4 aromatic rings.